The number of para-hydroxylation sites is 1. The number of nitrogens with zero attached hydrogens (tertiary/aromatic N) is 2. The maximum absolute atomic E-state index is 12.9. The second kappa shape index (κ2) is 7.92. The van der Waals surface area contributed by atoms with E-state index in [4.69, 9.17) is 4.74 Å². The van der Waals surface area contributed by atoms with Crippen LogP contribution in [0.4, 0.5) is 0 Å². The van der Waals surface area contributed by atoms with Crippen molar-refractivity contribution in [1.82, 2.24) is 9.80 Å². The van der Waals surface area contributed by atoms with Crippen LogP contribution in [-0.4, -0.2) is 47.9 Å². The van der Waals surface area contributed by atoms with E-state index in [0.717, 1.165) is 38.0 Å². The molecule has 4 nitrogen and oxygen atoms in total. The zero-order valence-corrected chi connectivity index (χ0v) is 15.1. The van der Waals surface area contributed by atoms with Gasteiger partial charge in [0.1, 0.15) is 11.5 Å². The average Bonchev–Trinajstić information content (AvgIpc) is 3.23. The normalized spacial score (nSPS) is 18.8. The van der Waals surface area contributed by atoms with Gasteiger partial charge in [-0.15, -0.1) is 0 Å². The van der Waals surface area contributed by atoms with Crippen molar-refractivity contribution in [2.24, 2.45) is 0 Å². The van der Waals surface area contributed by atoms with E-state index >= 15 is 0 Å². The second-order valence-corrected chi connectivity index (χ2v) is 7.21. The molecular formula is C22H26N2O2. The number of hydrogen-bond acceptors (Lipinski definition) is 3. The lowest BCUT2D eigenvalue weighted by Gasteiger charge is -2.38. The first-order valence-corrected chi connectivity index (χ1v) is 9.66. The van der Waals surface area contributed by atoms with Gasteiger partial charge in [0.15, 0.2) is 0 Å². The minimum absolute atomic E-state index is 0.106. The maximum Gasteiger partial charge on any atom is 0.254 e. The molecule has 2 aromatic carbocycles. The topological polar surface area (TPSA) is 32.8 Å². The summed E-state index contributed by atoms with van der Waals surface area (Å²) in [5.41, 5.74) is 0.702. The predicted octanol–water partition coefficient (Wildman–Crippen LogP) is 4.18. The highest BCUT2D eigenvalue weighted by Gasteiger charge is 2.28. The van der Waals surface area contributed by atoms with Crippen molar-refractivity contribution in [3.05, 3.63) is 60.2 Å². The highest BCUT2D eigenvalue weighted by atomic mass is 16.5. The van der Waals surface area contributed by atoms with Crippen LogP contribution in [0.15, 0.2) is 54.6 Å². The highest BCUT2D eigenvalue weighted by Crippen LogP contribution is 2.25. The molecule has 0 N–H and O–H groups in total. The Kier molecular flexibility index (Phi) is 5.21. The van der Waals surface area contributed by atoms with E-state index < -0.39 is 0 Å². The van der Waals surface area contributed by atoms with Gasteiger partial charge in [0.25, 0.3) is 5.91 Å². The van der Waals surface area contributed by atoms with E-state index in [-0.39, 0.29) is 5.91 Å². The molecule has 2 fully saturated rings. The van der Waals surface area contributed by atoms with Crippen molar-refractivity contribution < 1.29 is 9.53 Å². The van der Waals surface area contributed by atoms with Crippen LogP contribution in [0.5, 0.6) is 11.5 Å². The Morgan fingerprint density at radius 2 is 1.54 bits per heavy atom. The number of ether oxygens (including phenoxy) is 1. The first-order valence-electron chi connectivity index (χ1n) is 9.66. The summed E-state index contributed by atoms with van der Waals surface area (Å²) in [6, 6.07) is 17.9. The van der Waals surface area contributed by atoms with Crippen LogP contribution < -0.4 is 4.74 Å². The first kappa shape index (κ1) is 17.1. The summed E-state index contributed by atoms with van der Waals surface area (Å²) in [7, 11) is 0. The Labute approximate surface area is 155 Å². The molecule has 26 heavy (non-hydrogen) atoms. The zero-order valence-electron chi connectivity index (χ0n) is 15.1. The molecule has 0 aromatic heterocycles. The summed E-state index contributed by atoms with van der Waals surface area (Å²) in [6.45, 7) is 3.63. The van der Waals surface area contributed by atoms with Gasteiger partial charge in [0.2, 0.25) is 0 Å². The molecular weight excluding hydrogens is 324 g/mol. The average molecular weight is 350 g/mol. The summed E-state index contributed by atoms with van der Waals surface area (Å²) >= 11 is 0. The van der Waals surface area contributed by atoms with E-state index in [1.165, 1.54) is 25.7 Å². The monoisotopic (exact) mass is 350 g/mol. The summed E-state index contributed by atoms with van der Waals surface area (Å²) in [6.07, 6.45) is 5.37. The Morgan fingerprint density at radius 3 is 2.27 bits per heavy atom. The molecule has 1 saturated heterocycles. The van der Waals surface area contributed by atoms with Crippen molar-refractivity contribution in [2.75, 3.05) is 26.2 Å². The van der Waals surface area contributed by atoms with Gasteiger partial charge in [-0.1, -0.05) is 37.1 Å². The Balaban J connectivity index is 1.38. The molecule has 4 rings (SSSR count). The highest BCUT2D eigenvalue weighted by molar-refractivity contribution is 5.94. The number of amides is 1. The third-order valence-electron chi connectivity index (χ3n) is 5.50. The number of piperazine rings is 1. The van der Waals surface area contributed by atoms with Crippen molar-refractivity contribution in [3.63, 3.8) is 0 Å². The van der Waals surface area contributed by atoms with Crippen LogP contribution in [0.2, 0.25) is 0 Å². The summed E-state index contributed by atoms with van der Waals surface area (Å²) < 4.78 is 5.86. The molecule has 1 heterocycles. The van der Waals surface area contributed by atoms with E-state index in [1.807, 2.05) is 59.5 Å². The fourth-order valence-corrected chi connectivity index (χ4v) is 4.06. The molecule has 2 aliphatic rings. The fourth-order valence-electron chi connectivity index (χ4n) is 4.06. The van der Waals surface area contributed by atoms with Crippen molar-refractivity contribution in [3.8, 4) is 11.5 Å². The van der Waals surface area contributed by atoms with Gasteiger partial charge in [-0.3, -0.25) is 9.69 Å². The number of hydrogen-bond donors (Lipinski definition) is 0. The van der Waals surface area contributed by atoms with E-state index in [2.05, 4.69) is 4.90 Å². The molecule has 136 valence electrons. The molecule has 0 spiro atoms. The number of rotatable bonds is 4. The van der Waals surface area contributed by atoms with Crippen molar-refractivity contribution in [2.45, 2.75) is 31.7 Å². The molecule has 1 aliphatic heterocycles. The van der Waals surface area contributed by atoms with Crippen LogP contribution in [0.1, 0.15) is 36.0 Å². The van der Waals surface area contributed by atoms with Gasteiger partial charge in [-0.05, 0) is 43.2 Å². The van der Waals surface area contributed by atoms with E-state index in [9.17, 15) is 4.79 Å². The van der Waals surface area contributed by atoms with E-state index in [0.29, 0.717) is 11.3 Å². The number of benzene rings is 2. The third kappa shape index (κ3) is 3.91. The molecule has 1 amide bonds. The van der Waals surface area contributed by atoms with Crippen LogP contribution >= 0.6 is 0 Å². The molecule has 0 atom stereocenters. The van der Waals surface area contributed by atoms with Crippen LogP contribution in [0, 0.1) is 0 Å². The lowest BCUT2D eigenvalue weighted by Crippen LogP contribution is -2.51. The second-order valence-electron chi connectivity index (χ2n) is 7.21. The standard InChI is InChI=1S/C22H26N2O2/c25-22(24-15-13-23(14-16-24)19-8-4-5-9-19)18-7-6-12-21(17-18)26-20-10-2-1-3-11-20/h1-3,6-7,10-12,17,19H,4-5,8-9,13-16H2. The summed E-state index contributed by atoms with van der Waals surface area (Å²) in [5.74, 6) is 1.59. The maximum atomic E-state index is 12.9. The fraction of sp³-hybridized carbons (Fsp3) is 0.409. The molecule has 2 aromatic rings. The Hall–Kier alpha value is -2.33. The Morgan fingerprint density at radius 1 is 0.846 bits per heavy atom. The molecule has 1 saturated carbocycles. The SMILES string of the molecule is O=C(c1cccc(Oc2ccccc2)c1)N1CCN(C2CCCC2)CC1. The zero-order chi connectivity index (χ0) is 17.8. The van der Waals surface area contributed by atoms with E-state index in [1.54, 1.807) is 0 Å². The van der Waals surface area contributed by atoms with Gasteiger partial charge in [0.05, 0.1) is 0 Å². The molecule has 1 aliphatic carbocycles. The minimum atomic E-state index is 0.106. The van der Waals surface area contributed by atoms with Gasteiger partial charge in [-0.25, -0.2) is 0 Å². The van der Waals surface area contributed by atoms with Crippen molar-refractivity contribution >= 4 is 5.91 Å². The molecule has 4 heteroatoms. The molecule has 0 bridgehead atoms. The quantitative estimate of drug-likeness (QED) is 0.829. The molecule has 0 radical (unpaired) electrons. The smallest absolute Gasteiger partial charge is 0.254 e. The van der Waals surface area contributed by atoms with Crippen molar-refractivity contribution in [1.29, 1.82) is 0 Å². The van der Waals surface area contributed by atoms with Gasteiger partial charge < -0.3 is 9.64 Å². The van der Waals surface area contributed by atoms with Crippen LogP contribution in [0.25, 0.3) is 0 Å². The third-order valence-corrected chi connectivity index (χ3v) is 5.50. The lowest BCUT2D eigenvalue weighted by atomic mass is 10.1. The van der Waals surface area contributed by atoms with Crippen LogP contribution in [-0.2, 0) is 0 Å². The number of carbonyl (C=O) groups is 1. The summed E-state index contributed by atoms with van der Waals surface area (Å²) in [5, 5.41) is 0. The van der Waals surface area contributed by atoms with Gasteiger partial charge in [-0.2, -0.15) is 0 Å². The first-order chi connectivity index (χ1) is 12.8. The largest absolute Gasteiger partial charge is 0.457 e. The van der Waals surface area contributed by atoms with Gasteiger partial charge in [0, 0.05) is 37.8 Å². The Bertz CT molecular complexity index is 733. The molecule has 0 unspecified atom stereocenters. The summed E-state index contributed by atoms with van der Waals surface area (Å²) in [4.78, 5) is 17.4. The predicted molar refractivity (Wildman–Crippen MR) is 103 cm³/mol. The van der Waals surface area contributed by atoms with Crippen LogP contribution in [0.3, 0.4) is 0 Å². The number of carbonyl (C=O) groups excluding carboxylic acids is 1. The minimum Gasteiger partial charge on any atom is -0.457 e. The van der Waals surface area contributed by atoms with Gasteiger partial charge >= 0.3 is 0 Å². The lowest BCUT2D eigenvalue weighted by molar-refractivity contribution is 0.0573.